The molecule has 148 valence electrons. The molecule has 2 aromatic heterocycles. The fourth-order valence-corrected chi connectivity index (χ4v) is 6.36. The Morgan fingerprint density at radius 3 is 2.43 bits per heavy atom. The van der Waals surface area contributed by atoms with Gasteiger partial charge in [-0.15, -0.1) is 0 Å². The molecule has 4 bridgehead atoms. The van der Waals surface area contributed by atoms with Crippen LogP contribution in [0, 0.1) is 23.2 Å². The van der Waals surface area contributed by atoms with Crippen LogP contribution in [0.1, 0.15) is 61.9 Å². The first kappa shape index (κ1) is 17.6. The number of carbonyl (C=O) groups excluding carboxylic acids is 1. The Labute approximate surface area is 164 Å². The molecular weight excluding hydrogens is 356 g/mol. The molecule has 6 rings (SSSR count). The van der Waals surface area contributed by atoms with E-state index in [1.165, 1.54) is 38.5 Å². The molecule has 28 heavy (non-hydrogen) atoms. The molecule has 0 aromatic carbocycles. The van der Waals surface area contributed by atoms with Crippen LogP contribution in [0.15, 0.2) is 29.0 Å². The molecule has 4 saturated carbocycles. The van der Waals surface area contributed by atoms with Crippen LogP contribution >= 0.6 is 0 Å². The predicted octanol–water partition coefficient (Wildman–Crippen LogP) is 3.60. The zero-order valence-electron chi connectivity index (χ0n) is 15.9. The average molecular weight is 382 g/mol. The molecule has 0 spiro atoms. The molecule has 1 unspecified atom stereocenters. The number of amides is 1. The van der Waals surface area contributed by atoms with Gasteiger partial charge in [-0.05, 0) is 79.4 Å². The third-order valence-corrected chi connectivity index (χ3v) is 6.89. The van der Waals surface area contributed by atoms with E-state index in [1.54, 1.807) is 12.4 Å². The van der Waals surface area contributed by atoms with Gasteiger partial charge in [-0.25, -0.2) is 4.79 Å². The predicted molar refractivity (Wildman–Crippen MR) is 100.0 cm³/mol. The first-order valence-corrected chi connectivity index (χ1v) is 10.2. The third-order valence-electron chi connectivity index (χ3n) is 6.89. The molecule has 0 radical (unpaired) electrons. The number of nitrogens with two attached hydrogens (primary N) is 1. The first-order valence-electron chi connectivity index (χ1n) is 10.2. The quantitative estimate of drug-likeness (QED) is 0.818. The van der Waals surface area contributed by atoms with Crippen molar-refractivity contribution < 1.29 is 14.1 Å². The molecule has 2 heterocycles. The van der Waals surface area contributed by atoms with Crippen molar-refractivity contribution in [3.63, 3.8) is 0 Å². The summed E-state index contributed by atoms with van der Waals surface area (Å²) in [7, 11) is 0. The minimum Gasteiger partial charge on any atom is -0.436 e. The largest absolute Gasteiger partial charge is 0.436 e. The van der Waals surface area contributed by atoms with E-state index in [-0.39, 0.29) is 0 Å². The molecule has 4 fully saturated rings. The van der Waals surface area contributed by atoms with Crippen molar-refractivity contribution in [1.29, 1.82) is 0 Å². The van der Waals surface area contributed by atoms with Gasteiger partial charge in [0.1, 0.15) is 0 Å². The number of pyridine rings is 1. The second-order valence-electron chi connectivity index (χ2n) is 9.13. The van der Waals surface area contributed by atoms with E-state index in [9.17, 15) is 4.79 Å². The van der Waals surface area contributed by atoms with Crippen LogP contribution < -0.4 is 5.73 Å². The van der Waals surface area contributed by atoms with E-state index in [1.807, 2.05) is 12.1 Å². The number of ether oxygens (including phenoxy) is 1. The molecule has 2 aromatic rings. The maximum Gasteiger partial charge on any atom is 0.405 e. The van der Waals surface area contributed by atoms with E-state index < -0.39 is 12.2 Å². The molecule has 7 nitrogen and oxygen atoms in total. The topological polar surface area (TPSA) is 104 Å². The minimum atomic E-state index is -0.847. The van der Waals surface area contributed by atoms with Crippen molar-refractivity contribution in [2.45, 2.75) is 57.5 Å². The zero-order chi connectivity index (χ0) is 19.1. The van der Waals surface area contributed by atoms with E-state index in [2.05, 4.69) is 15.1 Å². The standard InChI is InChI=1S/C21H26N4O3/c22-20(26)27-17(8-13-1-3-23-4-2-13)19-24-18(25-28-19)12-21-9-14-5-15(10-21)7-16(6-14)11-21/h1-4,14-17H,5-12H2,(H2,22,26). The van der Waals surface area contributed by atoms with Crippen LogP contribution in [0.3, 0.4) is 0 Å². The lowest BCUT2D eigenvalue weighted by molar-refractivity contribution is -0.0533. The summed E-state index contributed by atoms with van der Waals surface area (Å²) in [4.78, 5) is 20.0. The highest BCUT2D eigenvalue weighted by atomic mass is 16.6. The minimum absolute atomic E-state index is 0.315. The number of carbonyl (C=O) groups is 1. The van der Waals surface area contributed by atoms with Gasteiger partial charge in [-0.1, -0.05) is 5.16 Å². The summed E-state index contributed by atoms with van der Waals surface area (Å²) in [5, 5.41) is 4.23. The molecular formula is C21H26N4O3. The van der Waals surface area contributed by atoms with Crippen LogP contribution in [0.4, 0.5) is 4.79 Å². The van der Waals surface area contributed by atoms with Gasteiger partial charge in [0.25, 0.3) is 5.89 Å². The molecule has 2 N–H and O–H groups in total. The zero-order valence-corrected chi connectivity index (χ0v) is 15.9. The van der Waals surface area contributed by atoms with E-state index in [0.29, 0.717) is 17.7 Å². The van der Waals surface area contributed by atoms with Crippen LogP contribution in [-0.4, -0.2) is 21.2 Å². The van der Waals surface area contributed by atoms with Crippen LogP contribution in [-0.2, 0) is 17.6 Å². The summed E-state index contributed by atoms with van der Waals surface area (Å²) in [5.41, 5.74) is 6.56. The van der Waals surface area contributed by atoms with Gasteiger partial charge in [-0.3, -0.25) is 4.98 Å². The van der Waals surface area contributed by atoms with Gasteiger partial charge in [0.05, 0.1) is 0 Å². The fourth-order valence-electron chi connectivity index (χ4n) is 6.36. The number of primary amides is 1. The van der Waals surface area contributed by atoms with Gasteiger partial charge in [-0.2, -0.15) is 4.98 Å². The Morgan fingerprint density at radius 1 is 1.18 bits per heavy atom. The molecule has 4 aliphatic carbocycles. The van der Waals surface area contributed by atoms with Gasteiger partial charge >= 0.3 is 6.09 Å². The van der Waals surface area contributed by atoms with Gasteiger partial charge in [0.15, 0.2) is 11.9 Å². The SMILES string of the molecule is NC(=O)OC(Cc1ccncc1)c1nc(CC23CC4CC(CC(C4)C2)C3)no1. The summed E-state index contributed by atoms with van der Waals surface area (Å²) < 4.78 is 10.8. The lowest BCUT2D eigenvalue weighted by atomic mass is 9.49. The lowest BCUT2D eigenvalue weighted by Gasteiger charge is -2.56. The molecule has 0 saturated heterocycles. The molecule has 7 heteroatoms. The molecule has 0 aliphatic heterocycles. The summed E-state index contributed by atoms with van der Waals surface area (Å²) in [6.45, 7) is 0. The van der Waals surface area contributed by atoms with E-state index in [4.69, 9.17) is 15.0 Å². The van der Waals surface area contributed by atoms with Gasteiger partial charge in [0.2, 0.25) is 0 Å². The summed E-state index contributed by atoms with van der Waals surface area (Å²) in [6, 6.07) is 3.73. The van der Waals surface area contributed by atoms with Crippen molar-refractivity contribution in [1.82, 2.24) is 15.1 Å². The molecule has 1 atom stereocenters. The number of nitrogens with zero attached hydrogens (tertiary/aromatic N) is 3. The summed E-state index contributed by atoms with van der Waals surface area (Å²) >= 11 is 0. The Bertz CT molecular complexity index is 815. The van der Waals surface area contributed by atoms with Crippen LogP contribution in [0.25, 0.3) is 0 Å². The number of hydrogen-bond acceptors (Lipinski definition) is 6. The van der Waals surface area contributed by atoms with Crippen LogP contribution in [0.2, 0.25) is 0 Å². The van der Waals surface area contributed by atoms with Crippen molar-refractivity contribution >= 4 is 6.09 Å². The van der Waals surface area contributed by atoms with Crippen molar-refractivity contribution in [3.8, 4) is 0 Å². The summed E-state index contributed by atoms with van der Waals surface area (Å²) in [6.07, 6.45) is 11.3. The lowest BCUT2D eigenvalue weighted by Crippen LogP contribution is -2.47. The first-order chi connectivity index (χ1) is 13.6. The Kier molecular flexibility index (Phi) is 4.33. The molecule has 1 amide bonds. The fraction of sp³-hybridized carbons (Fsp3) is 0.619. The second kappa shape index (κ2) is 6.87. The maximum absolute atomic E-state index is 11.4. The monoisotopic (exact) mass is 382 g/mol. The maximum atomic E-state index is 11.4. The second-order valence-corrected chi connectivity index (χ2v) is 9.13. The average Bonchev–Trinajstić information content (AvgIpc) is 3.08. The highest BCUT2D eigenvalue weighted by molar-refractivity contribution is 5.64. The Hall–Kier alpha value is -2.44. The van der Waals surface area contributed by atoms with Crippen molar-refractivity contribution in [3.05, 3.63) is 41.8 Å². The highest BCUT2D eigenvalue weighted by Crippen LogP contribution is 2.60. The number of aromatic nitrogens is 3. The van der Waals surface area contributed by atoms with Crippen LogP contribution in [0.5, 0.6) is 0 Å². The van der Waals surface area contributed by atoms with E-state index in [0.717, 1.165) is 35.6 Å². The van der Waals surface area contributed by atoms with Gasteiger partial charge < -0.3 is 15.0 Å². The van der Waals surface area contributed by atoms with Gasteiger partial charge in [0, 0.05) is 25.2 Å². The smallest absolute Gasteiger partial charge is 0.405 e. The highest BCUT2D eigenvalue weighted by Gasteiger charge is 2.51. The summed E-state index contributed by atoms with van der Waals surface area (Å²) in [5.74, 6) is 3.70. The Balaban J connectivity index is 1.33. The number of rotatable bonds is 6. The van der Waals surface area contributed by atoms with Crippen molar-refractivity contribution in [2.75, 3.05) is 0 Å². The van der Waals surface area contributed by atoms with E-state index >= 15 is 0 Å². The normalized spacial score (nSPS) is 31.6. The number of hydrogen-bond donors (Lipinski definition) is 1. The molecule has 4 aliphatic rings. The third kappa shape index (κ3) is 3.50. The Morgan fingerprint density at radius 2 is 1.82 bits per heavy atom. The van der Waals surface area contributed by atoms with Crippen molar-refractivity contribution in [2.24, 2.45) is 28.9 Å².